The summed E-state index contributed by atoms with van der Waals surface area (Å²) in [5, 5.41) is 6.16. The fourth-order valence-corrected chi connectivity index (χ4v) is 1.68. The van der Waals surface area contributed by atoms with Crippen LogP contribution in [0.3, 0.4) is 0 Å². The molecule has 0 aliphatic rings. The molecule has 2 N–H and O–H groups in total. The number of alkyl halides is 3. The lowest BCUT2D eigenvalue weighted by Gasteiger charge is -2.12. The smallest absolute Gasteiger partial charge is 0.372 e. The summed E-state index contributed by atoms with van der Waals surface area (Å²) in [5.74, 6) is 0.608. The predicted molar refractivity (Wildman–Crippen MR) is 80.9 cm³/mol. The van der Waals surface area contributed by atoms with Gasteiger partial charge in [-0.1, -0.05) is 29.8 Å². The van der Waals surface area contributed by atoms with Crippen molar-refractivity contribution in [3.63, 3.8) is 0 Å². The lowest BCUT2D eigenvalue weighted by atomic mass is 10.1. The van der Waals surface area contributed by atoms with E-state index in [0.29, 0.717) is 25.5 Å². The number of hydrogen-bond acceptors (Lipinski definition) is 2. The summed E-state index contributed by atoms with van der Waals surface area (Å²) in [6.45, 7) is 2.00. The monoisotopic (exact) mass is 317 g/mol. The number of aliphatic imine (C=N–C) groups is 1. The van der Waals surface area contributed by atoms with E-state index in [4.69, 9.17) is 0 Å². The second-order valence-corrected chi connectivity index (χ2v) is 4.86. The number of nitrogens with one attached hydrogen (secondary N) is 2. The fraction of sp³-hybridized carbons (Fsp3) is 0.533. The molecule has 0 aliphatic carbocycles. The van der Waals surface area contributed by atoms with Gasteiger partial charge in [-0.25, -0.2) is 0 Å². The molecule has 0 spiro atoms. The van der Waals surface area contributed by atoms with E-state index < -0.39 is 12.8 Å². The maximum absolute atomic E-state index is 11.9. The van der Waals surface area contributed by atoms with E-state index in [2.05, 4.69) is 20.4 Å². The molecule has 0 atom stereocenters. The molecule has 0 heterocycles. The van der Waals surface area contributed by atoms with Gasteiger partial charge in [0.15, 0.2) is 5.96 Å². The lowest BCUT2D eigenvalue weighted by Crippen LogP contribution is -2.37. The lowest BCUT2D eigenvalue weighted by molar-refractivity contribution is -0.173. The normalized spacial score (nSPS) is 12.3. The van der Waals surface area contributed by atoms with Gasteiger partial charge in [-0.05, 0) is 18.9 Å². The summed E-state index contributed by atoms with van der Waals surface area (Å²) in [6.07, 6.45) is -3.79. The van der Waals surface area contributed by atoms with E-state index in [1.807, 2.05) is 31.2 Å². The van der Waals surface area contributed by atoms with Crippen molar-refractivity contribution >= 4 is 5.96 Å². The highest BCUT2D eigenvalue weighted by molar-refractivity contribution is 5.79. The number of hydrogen-bond donors (Lipinski definition) is 2. The molecule has 0 fully saturated rings. The van der Waals surface area contributed by atoms with Gasteiger partial charge in [0.1, 0.15) is 6.61 Å². The molecular weight excluding hydrogens is 295 g/mol. The fourth-order valence-electron chi connectivity index (χ4n) is 1.68. The SMILES string of the molecule is CN=C(NCCCOCC(F)(F)F)NCc1ccc(C)cc1. The average molecular weight is 317 g/mol. The first kappa shape index (κ1) is 18.3. The van der Waals surface area contributed by atoms with Gasteiger partial charge >= 0.3 is 6.18 Å². The molecule has 0 saturated heterocycles. The first-order valence-electron chi connectivity index (χ1n) is 7.05. The molecule has 124 valence electrons. The summed E-state index contributed by atoms with van der Waals surface area (Å²) in [6, 6.07) is 8.12. The topological polar surface area (TPSA) is 45.7 Å². The minimum absolute atomic E-state index is 0.0570. The van der Waals surface area contributed by atoms with Crippen molar-refractivity contribution in [2.75, 3.05) is 26.8 Å². The Kier molecular flexibility index (Phi) is 7.73. The van der Waals surface area contributed by atoms with Gasteiger partial charge in [0.2, 0.25) is 0 Å². The van der Waals surface area contributed by atoms with Crippen molar-refractivity contribution in [1.82, 2.24) is 10.6 Å². The molecule has 0 amide bonds. The van der Waals surface area contributed by atoms with E-state index in [0.717, 1.165) is 5.56 Å². The Balaban J connectivity index is 2.16. The molecule has 1 aromatic rings. The number of nitrogens with zero attached hydrogens (tertiary/aromatic N) is 1. The van der Waals surface area contributed by atoms with Gasteiger partial charge in [-0.2, -0.15) is 13.2 Å². The molecule has 22 heavy (non-hydrogen) atoms. The van der Waals surface area contributed by atoms with Crippen LogP contribution in [0.4, 0.5) is 13.2 Å². The minimum Gasteiger partial charge on any atom is -0.372 e. The van der Waals surface area contributed by atoms with E-state index >= 15 is 0 Å². The molecule has 1 aromatic carbocycles. The summed E-state index contributed by atoms with van der Waals surface area (Å²) in [5.41, 5.74) is 2.33. The zero-order valence-corrected chi connectivity index (χ0v) is 12.8. The summed E-state index contributed by atoms with van der Waals surface area (Å²) in [4.78, 5) is 4.05. The van der Waals surface area contributed by atoms with Crippen molar-refractivity contribution < 1.29 is 17.9 Å². The molecule has 0 aromatic heterocycles. The number of aryl methyl sites for hydroxylation is 1. The minimum atomic E-state index is -4.26. The molecule has 1 rings (SSSR count). The Hall–Kier alpha value is -1.76. The van der Waals surface area contributed by atoms with Crippen molar-refractivity contribution in [1.29, 1.82) is 0 Å². The van der Waals surface area contributed by atoms with Crippen LogP contribution >= 0.6 is 0 Å². The number of rotatable bonds is 7. The first-order chi connectivity index (χ1) is 10.4. The van der Waals surface area contributed by atoms with Crippen molar-refractivity contribution in [3.8, 4) is 0 Å². The van der Waals surface area contributed by atoms with Crippen LogP contribution in [-0.2, 0) is 11.3 Å². The van der Waals surface area contributed by atoms with Gasteiger partial charge in [0, 0.05) is 26.7 Å². The Morgan fingerprint density at radius 2 is 1.86 bits per heavy atom. The average Bonchev–Trinajstić information content (AvgIpc) is 2.46. The van der Waals surface area contributed by atoms with Crippen molar-refractivity contribution in [2.45, 2.75) is 26.1 Å². The predicted octanol–water partition coefficient (Wildman–Crippen LogP) is 2.63. The van der Waals surface area contributed by atoms with E-state index in [-0.39, 0.29) is 6.61 Å². The van der Waals surface area contributed by atoms with Crippen LogP contribution in [-0.4, -0.2) is 38.9 Å². The van der Waals surface area contributed by atoms with Crippen molar-refractivity contribution in [3.05, 3.63) is 35.4 Å². The van der Waals surface area contributed by atoms with Crippen molar-refractivity contribution in [2.24, 2.45) is 4.99 Å². The molecule has 0 saturated carbocycles. The number of ether oxygens (including phenoxy) is 1. The highest BCUT2D eigenvalue weighted by atomic mass is 19.4. The summed E-state index contributed by atoms with van der Waals surface area (Å²) in [7, 11) is 1.64. The van der Waals surface area contributed by atoms with E-state index in [1.165, 1.54) is 5.56 Å². The van der Waals surface area contributed by atoms with Gasteiger partial charge in [-0.3, -0.25) is 4.99 Å². The Labute approximate surface area is 128 Å². The van der Waals surface area contributed by atoms with Crippen LogP contribution in [0.15, 0.2) is 29.3 Å². The van der Waals surface area contributed by atoms with Crippen LogP contribution in [0.5, 0.6) is 0 Å². The third-order valence-electron chi connectivity index (χ3n) is 2.83. The summed E-state index contributed by atoms with van der Waals surface area (Å²) < 4.78 is 40.1. The molecule has 0 radical (unpaired) electrons. The van der Waals surface area contributed by atoms with Gasteiger partial charge in [0.25, 0.3) is 0 Å². The third-order valence-corrected chi connectivity index (χ3v) is 2.83. The first-order valence-corrected chi connectivity index (χ1v) is 7.05. The van der Waals surface area contributed by atoms with Crippen LogP contribution in [0.1, 0.15) is 17.5 Å². The third kappa shape index (κ3) is 8.51. The molecule has 4 nitrogen and oxygen atoms in total. The van der Waals surface area contributed by atoms with Crippen LogP contribution in [0.2, 0.25) is 0 Å². The second-order valence-electron chi connectivity index (χ2n) is 4.86. The van der Waals surface area contributed by atoms with Gasteiger partial charge in [0.05, 0.1) is 0 Å². The van der Waals surface area contributed by atoms with Gasteiger partial charge in [-0.15, -0.1) is 0 Å². The maximum atomic E-state index is 11.9. The zero-order valence-electron chi connectivity index (χ0n) is 12.8. The quantitative estimate of drug-likeness (QED) is 0.462. The van der Waals surface area contributed by atoms with Gasteiger partial charge < -0.3 is 15.4 Å². The molecule has 0 aliphatic heterocycles. The highest BCUT2D eigenvalue weighted by Gasteiger charge is 2.27. The molecule has 0 unspecified atom stereocenters. The number of halogens is 3. The van der Waals surface area contributed by atoms with E-state index in [1.54, 1.807) is 7.05 Å². The van der Waals surface area contributed by atoms with Crippen LogP contribution < -0.4 is 10.6 Å². The number of guanidine groups is 1. The molecule has 7 heteroatoms. The van der Waals surface area contributed by atoms with Crippen LogP contribution in [0.25, 0.3) is 0 Å². The largest absolute Gasteiger partial charge is 0.411 e. The maximum Gasteiger partial charge on any atom is 0.411 e. The molecular formula is C15H22F3N3O. The highest BCUT2D eigenvalue weighted by Crippen LogP contribution is 2.14. The Bertz CT molecular complexity index is 458. The standard InChI is InChI=1S/C15H22F3N3O/c1-12-4-6-13(7-5-12)10-21-14(19-2)20-8-3-9-22-11-15(16,17)18/h4-7H,3,8-11H2,1-2H3,(H2,19,20,21). The van der Waals surface area contributed by atoms with E-state index in [9.17, 15) is 13.2 Å². The summed E-state index contributed by atoms with van der Waals surface area (Å²) >= 11 is 0. The number of benzene rings is 1. The zero-order chi connectivity index (χ0) is 16.4. The Morgan fingerprint density at radius 3 is 2.45 bits per heavy atom. The molecule has 0 bridgehead atoms. The second kappa shape index (κ2) is 9.30. The Morgan fingerprint density at radius 1 is 1.18 bits per heavy atom. The van der Waals surface area contributed by atoms with Crippen LogP contribution in [0, 0.1) is 6.92 Å².